The number of benzene rings is 2. The summed E-state index contributed by atoms with van der Waals surface area (Å²) in [7, 11) is 0. The summed E-state index contributed by atoms with van der Waals surface area (Å²) in [5.41, 5.74) is 4.10. The normalized spacial score (nSPS) is 13.6. The molecule has 0 aliphatic carbocycles. The van der Waals surface area contributed by atoms with Crippen LogP contribution in [0, 0.1) is 25.2 Å². The number of carbonyl (C=O) groups is 1. The van der Waals surface area contributed by atoms with Gasteiger partial charge in [0.25, 0.3) is 5.91 Å². The topological polar surface area (TPSA) is 85.2 Å². The summed E-state index contributed by atoms with van der Waals surface area (Å²) in [5.74, 6) is 1.36. The SMILES string of the molecule is Cc1ccc(Nc2cc(C)nc(N3CCN(C(=O)c4cccc(C#N)c4)CC3)n2)cc1. The Morgan fingerprint density at radius 1 is 1.00 bits per heavy atom. The second kappa shape index (κ2) is 8.84. The molecule has 1 aliphatic heterocycles. The lowest BCUT2D eigenvalue weighted by molar-refractivity contribution is 0.0746. The average Bonchev–Trinajstić information content (AvgIpc) is 2.80. The van der Waals surface area contributed by atoms with Crippen molar-refractivity contribution in [3.63, 3.8) is 0 Å². The van der Waals surface area contributed by atoms with Crippen LogP contribution in [0.4, 0.5) is 17.5 Å². The largest absolute Gasteiger partial charge is 0.340 e. The summed E-state index contributed by atoms with van der Waals surface area (Å²) in [5, 5.41) is 12.4. The highest BCUT2D eigenvalue weighted by molar-refractivity contribution is 5.94. The number of aryl methyl sites for hydroxylation is 2. The summed E-state index contributed by atoms with van der Waals surface area (Å²) in [6.07, 6.45) is 0. The quantitative estimate of drug-likeness (QED) is 0.704. The molecule has 7 heteroatoms. The third-order valence-corrected chi connectivity index (χ3v) is 5.25. The molecule has 31 heavy (non-hydrogen) atoms. The lowest BCUT2D eigenvalue weighted by Gasteiger charge is -2.35. The molecule has 1 N–H and O–H groups in total. The molecule has 3 aromatic rings. The Kier molecular flexibility index (Phi) is 5.80. The number of rotatable bonds is 4. The minimum Gasteiger partial charge on any atom is -0.340 e. The molecule has 0 radical (unpaired) electrons. The molecular formula is C24H24N6O. The number of hydrogen-bond acceptors (Lipinski definition) is 6. The van der Waals surface area contributed by atoms with E-state index in [2.05, 4.69) is 45.3 Å². The molecule has 2 heterocycles. The first-order chi connectivity index (χ1) is 15.0. The minimum absolute atomic E-state index is 0.0522. The van der Waals surface area contributed by atoms with Gasteiger partial charge in [-0.2, -0.15) is 10.2 Å². The zero-order valence-corrected chi connectivity index (χ0v) is 17.7. The van der Waals surface area contributed by atoms with Crippen molar-refractivity contribution in [3.05, 3.63) is 77.0 Å². The minimum atomic E-state index is -0.0522. The monoisotopic (exact) mass is 412 g/mol. The molecule has 2 aromatic carbocycles. The van der Waals surface area contributed by atoms with Gasteiger partial charge in [0.05, 0.1) is 11.6 Å². The van der Waals surface area contributed by atoms with E-state index in [1.165, 1.54) is 5.56 Å². The van der Waals surface area contributed by atoms with Crippen molar-refractivity contribution in [1.29, 1.82) is 5.26 Å². The maximum absolute atomic E-state index is 12.8. The second-order valence-corrected chi connectivity index (χ2v) is 7.66. The molecule has 4 rings (SSSR count). The average molecular weight is 412 g/mol. The molecule has 1 saturated heterocycles. The first-order valence-electron chi connectivity index (χ1n) is 10.3. The molecule has 1 aromatic heterocycles. The van der Waals surface area contributed by atoms with Crippen molar-refractivity contribution in [2.75, 3.05) is 36.4 Å². The zero-order valence-electron chi connectivity index (χ0n) is 17.7. The Hall–Kier alpha value is -3.92. The fourth-order valence-corrected chi connectivity index (χ4v) is 3.56. The number of nitrogens with zero attached hydrogens (tertiary/aromatic N) is 5. The van der Waals surface area contributed by atoms with Gasteiger partial charge in [-0.15, -0.1) is 0 Å². The van der Waals surface area contributed by atoms with Gasteiger partial charge in [-0.05, 0) is 44.2 Å². The fraction of sp³-hybridized carbons (Fsp3) is 0.250. The molecular weight excluding hydrogens is 388 g/mol. The summed E-state index contributed by atoms with van der Waals surface area (Å²) in [6, 6.07) is 19.0. The molecule has 7 nitrogen and oxygen atoms in total. The van der Waals surface area contributed by atoms with Crippen LogP contribution in [0.25, 0.3) is 0 Å². The van der Waals surface area contributed by atoms with Gasteiger partial charge >= 0.3 is 0 Å². The number of anilines is 3. The van der Waals surface area contributed by atoms with E-state index in [4.69, 9.17) is 5.26 Å². The number of nitriles is 1. The Bertz CT molecular complexity index is 1130. The van der Waals surface area contributed by atoms with Crippen LogP contribution in [0.15, 0.2) is 54.6 Å². The Labute approximate surface area is 182 Å². The van der Waals surface area contributed by atoms with Gasteiger partial charge < -0.3 is 15.1 Å². The van der Waals surface area contributed by atoms with Gasteiger partial charge in [0.2, 0.25) is 5.95 Å². The first-order valence-corrected chi connectivity index (χ1v) is 10.3. The van der Waals surface area contributed by atoms with Gasteiger partial charge in [-0.1, -0.05) is 23.8 Å². The van der Waals surface area contributed by atoms with E-state index in [1.807, 2.05) is 30.0 Å². The van der Waals surface area contributed by atoms with E-state index in [9.17, 15) is 4.79 Å². The van der Waals surface area contributed by atoms with Crippen molar-refractivity contribution in [1.82, 2.24) is 14.9 Å². The van der Waals surface area contributed by atoms with E-state index in [0.717, 1.165) is 17.2 Å². The second-order valence-electron chi connectivity index (χ2n) is 7.66. The molecule has 0 spiro atoms. The number of aromatic nitrogens is 2. The van der Waals surface area contributed by atoms with Gasteiger partial charge in [-0.3, -0.25) is 4.79 Å². The van der Waals surface area contributed by atoms with E-state index < -0.39 is 0 Å². The summed E-state index contributed by atoms with van der Waals surface area (Å²) in [6.45, 7) is 6.46. The van der Waals surface area contributed by atoms with Crippen LogP contribution in [-0.2, 0) is 0 Å². The van der Waals surface area contributed by atoms with Gasteiger partial charge in [-0.25, -0.2) is 4.98 Å². The van der Waals surface area contributed by atoms with Crippen molar-refractivity contribution in [2.24, 2.45) is 0 Å². The van der Waals surface area contributed by atoms with Crippen LogP contribution in [0.1, 0.15) is 27.2 Å². The van der Waals surface area contributed by atoms with Crippen molar-refractivity contribution in [3.8, 4) is 6.07 Å². The Morgan fingerprint density at radius 2 is 1.74 bits per heavy atom. The van der Waals surface area contributed by atoms with Crippen LogP contribution < -0.4 is 10.2 Å². The standard InChI is InChI=1S/C24H24N6O/c1-17-6-8-21(9-7-17)27-22-14-18(2)26-24(28-22)30-12-10-29(11-13-30)23(31)20-5-3-4-19(15-20)16-25/h3-9,14-15H,10-13H2,1-2H3,(H,26,27,28). The highest BCUT2D eigenvalue weighted by atomic mass is 16.2. The smallest absolute Gasteiger partial charge is 0.254 e. The van der Waals surface area contributed by atoms with Crippen LogP contribution in [0.3, 0.4) is 0 Å². The molecule has 156 valence electrons. The number of nitrogens with one attached hydrogen (secondary N) is 1. The Morgan fingerprint density at radius 3 is 2.45 bits per heavy atom. The third-order valence-electron chi connectivity index (χ3n) is 5.25. The number of carbonyl (C=O) groups excluding carboxylic acids is 1. The number of amides is 1. The number of piperazine rings is 1. The van der Waals surface area contributed by atoms with Crippen LogP contribution in [0.5, 0.6) is 0 Å². The van der Waals surface area contributed by atoms with Crippen LogP contribution in [-0.4, -0.2) is 47.0 Å². The Balaban J connectivity index is 1.43. The lowest BCUT2D eigenvalue weighted by Crippen LogP contribution is -2.49. The number of hydrogen-bond donors (Lipinski definition) is 1. The van der Waals surface area contributed by atoms with Gasteiger partial charge in [0.1, 0.15) is 5.82 Å². The van der Waals surface area contributed by atoms with Gasteiger partial charge in [0.15, 0.2) is 0 Å². The molecule has 0 bridgehead atoms. The van der Waals surface area contributed by atoms with E-state index in [0.29, 0.717) is 43.3 Å². The van der Waals surface area contributed by atoms with E-state index in [1.54, 1.807) is 24.3 Å². The molecule has 0 saturated carbocycles. The fourth-order valence-electron chi connectivity index (χ4n) is 3.56. The molecule has 1 amide bonds. The summed E-state index contributed by atoms with van der Waals surface area (Å²) in [4.78, 5) is 26.0. The van der Waals surface area contributed by atoms with Crippen molar-refractivity contribution < 1.29 is 4.79 Å². The zero-order chi connectivity index (χ0) is 21.8. The van der Waals surface area contributed by atoms with Gasteiger partial charge in [0, 0.05) is 49.2 Å². The summed E-state index contributed by atoms with van der Waals surface area (Å²) >= 11 is 0. The summed E-state index contributed by atoms with van der Waals surface area (Å²) < 4.78 is 0. The highest BCUT2D eigenvalue weighted by Crippen LogP contribution is 2.20. The third kappa shape index (κ3) is 4.81. The molecule has 1 fully saturated rings. The molecule has 1 aliphatic rings. The maximum atomic E-state index is 12.8. The predicted molar refractivity (Wildman–Crippen MR) is 121 cm³/mol. The molecule has 0 unspecified atom stereocenters. The van der Waals surface area contributed by atoms with E-state index in [-0.39, 0.29) is 5.91 Å². The van der Waals surface area contributed by atoms with E-state index >= 15 is 0 Å². The lowest BCUT2D eigenvalue weighted by atomic mass is 10.1. The molecule has 0 atom stereocenters. The van der Waals surface area contributed by atoms with Crippen molar-refractivity contribution >= 4 is 23.4 Å². The predicted octanol–water partition coefficient (Wildman–Crippen LogP) is 3.67. The first kappa shape index (κ1) is 20.4. The van der Waals surface area contributed by atoms with Crippen LogP contribution in [0.2, 0.25) is 0 Å². The maximum Gasteiger partial charge on any atom is 0.254 e. The highest BCUT2D eigenvalue weighted by Gasteiger charge is 2.24. The van der Waals surface area contributed by atoms with Crippen molar-refractivity contribution in [2.45, 2.75) is 13.8 Å². The van der Waals surface area contributed by atoms with Crippen LogP contribution >= 0.6 is 0 Å².